The Bertz CT molecular complexity index is 1590. The van der Waals surface area contributed by atoms with Crippen LogP contribution in [0.4, 0.5) is 8.78 Å². The van der Waals surface area contributed by atoms with E-state index in [1.54, 1.807) is 18.8 Å². The van der Waals surface area contributed by atoms with Crippen molar-refractivity contribution in [2.45, 2.75) is 0 Å². The monoisotopic (exact) mass is 673 g/mol. The second kappa shape index (κ2) is 10.7. The fraction of sp³-hybridized carbons (Fsp3) is 0. The van der Waals surface area contributed by atoms with Gasteiger partial charge in [0.05, 0.1) is 11.4 Å². The molecule has 0 bridgehead atoms. The number of aromatic nitrogens is 2. The Morgan fingerprint density at radius 1 is 0.611 bits per heavy atom. The van der Waals surface area contributed by atoms with Crippen molar-refractivity contribution in [1.82, 2.24) is 9.97 Å². The second-order valence-electron chi connectivity index (χ2n) is 8.18. The van der Waals surface area contributed by atoms with Crippen molar-refractivity contribution in [3.63, 3.8) is 0 Å². The van der Waals surface area contributed by atoms with E-state index in [2.05, 4.69) is 20.5 Å². The summed E-state index contributed by atoms with van der Waals surface area (Å²) >= 11 is 1.61. The van der Waals surface area contributed by atoms with E-state index in [1.807, 2.05) is 85.1 Å². The van der Waals surface area contributed by atoms with Gasteiger partial charge in [-0.2, -0.15) is 0 Å². The number of hydrogen-bond acceptors (Lipinski definition) is 2. The van der Waals surface area contributed by atoms with Crippen LogP contribution in [-0.2, 0) is 18.8 Å². The summed E-state index contributed by atoms with van der Waals surface area (Å²) < 4.78 is 28.1. The quantitative estimate of drug-likeness (QED) is 0.176. The molecule has 0 saturated carbocycles. The first kappa shape index (κ1) is 24.2. The number of halogens is 3. The Balaban J connectivity index is 0.00000130. The van der Waals surface area contributed by atoms with Gasteiger partial charge in [-0.25, -0.2) is 8.78 Å². The van der Waals surface area contributed by atoms with Crippen LogP contribution in [0.25, 0.3) is 55.3 Å². The molecular weight excluding hydrogens is 657 g/mol. The Labute approximate surface area is 222 Å². The van der Waals surface area contributed by atoms with E-state index < -0.39 is 11.6 Å². The summed E-state index contributed by atoms with van der Waals surface area (Å²) in [6.45, 7) is 0. The van der Waals surface area contributed by atoms with Crippen molar-refractivity contribution in [2.24, 2.45) is 0 Å². The van der Waals surface area contributed by atoms with E-state index in [4.69, 9.17) is 4.98 Å². The van der Waals surface area contributed by atoms with Crippen molar-refractivity contribution >= 4 is 31.0 Å². The van der Waals surface area contributed by atoms with Crippen LogP contribution in [0.15, 0.2) is 103 Å². The molecule has 0 atom stereocenters. The van der Waals surface area contributed by atoms with Crippen molar-refractivity contribution in [2.75, 3.05) is 0 Å². The Morgan fingerprint density at radius 2 is 1.19 bits per heavy atom. The molecule has 6 rings (SSSR count). The normalized spacial score (nSPS) is 10.8. The van der Waals surface area contributed by atoms with Crippen LogP contribution in [0.2, 0.25) is 0 Å². The van der Waals surface area contributed by atoms with Gasteiger partial charge in [-0.05, 0) is 46.5 Å². The molecule has 0 saturated heterocycles. The van der Waals surface area contributed by atoms with E-state index in [1.165, 1.54) is 12.1 Å². The van der Waals surface area contributed by atoms with Crippen molar-refractivity contribution in [3.05, 3.63) is 121 Å². The number of hydrogen-bond donors (Lipinski definition) is 0. The van der Waals surface area contributed by atoms with Gasteiger partial charge in [0.1, 0.15) is 11.6 Å². The standard InChI is InChI=1S/C30H17F2N2.ClH.Pt/c31-26-12-24(13-27(32)17-26)25-15-28(22-10-9-19-5-1-2-6-20(19)11-22)34-30(16-25)29-14-21-7-3-4-8-23(21)18-33-29;;/h1-9,11-18H;1H;/q-1;;+2/p-1. The minimum atomic E-state index is -0.629. The summed E-state index contributed by atoms with van der Waals surface area (Å²) in [6, 6.07) is 32.4. The van der Waals surface area contributed by atoms with E-state index in [9.17, 15) is 8.78 Å². The van der Waals surface area contributed by atoms with Crippen molar-refractivity contribution in [3.8, 4) is 33.8 Å². The number of rotatable bonds is 3. The number of nitrogens with zero attached hydrogens (tertiary/aromatic N) is 2. The molecule has 0 unspecified atom stereocenters. The first-order valence-corrected chi connectivity index (χ1v) is 13.8. The average Bonchev–Trinajstić information content (AvgIpc) is 2.93. The van der Waals surface area contributed by atoms with Crippen LogP contribution >= 0.6 is 9.42 Å². The molecule has 178 valence electrons. The molecule has 36 heavy (non-hydrogen) atoms. The van der Waals surface area contributed by atoms with Gasteiger partial charge >= 0.3 is 28.2 Å². The number of benzene rings is 4. The molecule has 6 aromatic rings. The van der Waals surface area contributed by atoms with Gasteiger partial charge in [0, 0.05) is 17.6 Å². The Morgan fingerprint density at radius 3 is 1.92 bits per heavy atom. The third kappa shape index (κ3) is 5.06. The zero-order valence-corrected chi connectivity index (χ0v) is 21.7. The summed E-state index contributed by atoms with van der Waals surface area (Å²) in [7, 11) is 4.61. The van der Waals surface area contributed by atoms with Gasteiger partial charge in [0.2, 0.25) is 0 Å². The van der Waals surface area contributed by atoms with Crippen molar-refractivity contribution in [1.29, 1.82) is 0 Å². The van der Waals surface area contributed by atoms with Gasteiger partial charge in [-0.1, -0.05) is 60.0 Å². The van der Waals surface area contributed by atoms with E-state index in [0.717, 1.165) is 33.2 Å². The zero-order chi connectivity index (χ0) is 25.1. The van der Waals surface area contributed by atoms with Gasteiger partial charge in [-0.3, -0.25) is 9.97 Å². The summed E-state index contributed by atoms with van der Waals surface area (Å²) in [5.41, 5.74) is 3.82. The van der Waals surface area contributed by atoms with Crippen LogP contribution < -0.4 is 0 Å². The fourth-order valence-electron chi connectivity index (χ4n) is 4.18. The topological polar surface area (TPSA) is 25.8 Å². The van der Waals surface area contributed by atoms with Crippen LogP contribution in [0, 0.1) is 17.7 Å². The van der Waals surface area contributed by atoms with Crippen molar-refractivity contribution < 1.29 is 27.6 Å². The summed E-state index contributed by atoms with van der Waals surface area (Å²) in [6.07, 6.45) is 1.81. The summed E-state index contributed by atoms with van der Waals surface area (Å²) in [5.74, 6) is -1.26. The van der Waals surface area contributed by atoms with Crippen LogP contribution in [0.1, 0.15) is 0 Å². The Kier molecular flexibility index (Phi) is 7.18. The van der Waals surface area contributed by atoms with E-state index >= 15 is 0 Å². The molecule has 0 fully saturated rings. The van der Waals surface area contributed by atoms with Crippen LogP contribution in [0.3, 0.4) is 0 Å². The third-order valence-electron chi connectivity index (χ3n) is 5.87. The maximum atomic E-state index is 14.0. The average molecular weight is 674 g/mol. The second-order valence-corrected chi connectivity index (χ2v) is 8.18. The first-order valence-electron chi connectivity index (χ1n) is 11.0. The molecule has 6 heteroatoms. The molecule has 0 aliphatic carbocycles. The van der Waals surface area contributed by atoms with Crippen LogP contribution in [-0.4, -0.2) is 9.97 Å². The predicted molar refractivity (Wildman–Crippen MR) is 138 cm³/mol. The van der Waals surface area contributed by atoms with E-state index in [0.29, 0.717) is 28.2 Å². The molecule has 0 radical (unpaired) electrons. The molecule has 2 nitrogen and oxygen atoms in total. The van der Waals surface area contributed by atoms with Gasteiger partial charge in [-0.15, -0.1) is 29.1 Å². The maximum absolute atomic E-state index is 14.0. The third-order valence-corrected chi connectivity index (χ3v) is 5.87. The molecule has 2 heterocycles. The molecule has 0 amide bonds. The number of pyridine rings is 2. The fourth-order valence-corrected chi connectivity index (χ4v) is 4.18. The molecule has 0 spiro atoms. The molecule has 4 aromatic carbocycles. The SMILES string of the molecule is Fc1cc(F)cc(-c2cc(-c3[c-]cc4ccccc4c3)nc(-c3cc4ccccc4cn3)c2)c1.[Cl][Pt+]. The Hall–Kier alpha value is -3.46. The van der Waals surface area contributed by atoms with Gasteiger partial charge in [0.15, 0.2) is 0 Å². The van der Waals surface area contributed by atoms with Gasteiger partial charge in [0.25, 0.3) is 0 Å². The zero-order valence-electron chi connectivity index (χ0n) is 18.7. The molecule has 2 aromatic heterocycles. The summed E-state index contributed by atoms with van der Waals surface area (Å²) in [5, 5.41) is 4.20. The number of fused-ring (bicyclic) bond motifs is 2. The molecular formula is C30H17ClF2N2Pt. The molecule has 0 N–H and O–H groups in total. The molecule has 0 aliphatic heterocycles. The van der Waals surface area contributed by atoms with Gasteiger partial charge < -0.3 is 0 Å². The summed E-state index contributed by atoms with van der Waals surface area (Å²) in [4.78, 5) is 9.49. The molecule has 0 aliphatic rings. The van der Waals surface area contributed by atoms with E-state index in [-0.39, 0.29) is 0 Å². The predicted octanol–water partition coefficient (Wildman–Crippen LogP) is 8.55. The first-order chi connectivity index (χ1) is 17.6. The van der Waals surface area contributed by atoms with Crippen LogP contribution in [0.5, 0.6) is 0 Å². The minimum absolute atomic E-state index is 0.434.